The van der Waals surface area contributed by atoms with E-state index >= 15 is 0 Å². The van der Waals surface area contributed by atoms with Crippen LogP contribution < -0.4 is 15.6 Å². The van der Waals surface area contributed by atoms with E-state index in [0.29, 0.717) is 27.7 Å². The Balaban J connectivity index is 0.00000267. The molecule has 0 bridgehead atoms. The number of nitrogens with zero attached hydrogens (tertiary/aromatic N) is 3. The van der Waals surface area contributed by atoms with Crippen molar-refractivity contribution in [3.8, 4) is 11.1 Å². The summed E-state index contributed by atoms with van der Waals surface area (Å²) in [6.07, 6.45) is 2.96. The molecule has 1 unspecified atom stereocenters. The predicted octanol–water partition coefficient (Wildman–Crippen LogP) is 4.19. The molecule has 2 N–H and O–H groups in total. The van der Waals surface area contributed by atoms with Gasteiger partial charge >= 0.3 is 0 Å². The second kappa shape index (κ2) is 12.8. The summed E-state index contributed by atoms with van der Waals surface area (Å²) in [5, 5.41) is 2.65. The van der Waals surface area contributed by atoms with Crippen molar-refractivity contribution in [2.45, 2.75) is 25.3 Å². The molecule has 2 heterocycles. The third-order valence-corrected chi connectivity index (χ3v) is 7.69. The standard InChI is InChI=1S/C25H23ClFN5O4S.CH3.W/c1-14(24(33)28-3)12-32-13-30-21-6-4-16(8-19(21)25(32)34)17-9-22(15(2)29-11-17)31-37(35,36)23-7-5-18(27)10-20(23)26;;/h4-11,13-14,31H,12H2,1-3H3,(H,28,33);1H3;/q;-1;. The van der Waals surface area contributed by atoms with E-state index < -0.39 is 21.8 Å². The molecule has 0 saturated heterocycles. The van der Waals surface area contributed by atoms with Crippen LogP contribution in [-0.2, 0) is 42.4 Å². The second-order valence-corrected chi connectivity index (χ2v) is 10.5. The number of nitrogens with one attached hydrogen (secondary N) is 2. The number of benzene rings is 2. The van der Waals surface area contributed by atoms with Crippen molar-refractivity contribution in [3.63, 3.8) is 0 Å². The summed E-state index contributed by atoms with van der Waals surface area (Å²) in [4.78, 5) is 33.4. The Morgan fingerprint density at radius 3 is 2.51 bits per heavy atom. The normalized spacial score (nSPS) is 11.7. The van der Waals surface area contributed by atoms with Crippen molar-refractivity contribution < 1.29 is 38.7 Å². The monoisotopic (exact) mass is 742 g/mol. The molecular formula is C26H26ClFN5O4SW-. The number of aromatic nitrogens is 3. The fourth-order valence-corrected chi connectivity index (χ4v) is 5.42. The topological polar surface area (TPSA) is 123 Å². The zero-order chi connectivity index (χ0) is 26.9. The van der Waals surface area contributed by atoms with Crippen LogP contribution in [0, 0.1) is 26.1 Å². The van der Waals surface area contributed by atoms with Crippen LogP contribution in [0.25, 0.3) is 22.0 Å². The van der Waals surface area contributed by atoms with Crippen molar-refractivity contribution in [2.75, 3.05) is 11.8 Å². The van der Waals surface area contributed by atoms with Crippen molar-refractivity contribution in [1.82, 2.24) is 19.9 Å². The van der Waals surface area contributed by atoms with E-state index in [2.05, 4.69) is 20.0 Å². The fourth-order valence-electron chi connectivity index (χ4n) is 3.78. The van der Waals surface area contributed by atoms with Crippen LogP contribution in [0.3, 0.4) is 0 Å². The van der Waals surface area contributed by atoms with Crippen molar-refractivity contribution >= 4 is 44.1 Å². The molecule has 2 aromatic heterocycles. The third kappa shape index (κ3) is 6.90. The molecule has 0 aliphatic rings. The van der Waals surface area contributed by atoms with Gasteiger partial charge in [0.25, 0.3) is 15.6 Å². The van der Waals surface area contributed by atoms with E-state index in [-0.39, 0.29) is 62.1 Å². The van der Waals surface area contributed by atoms with Gasteiger partial charge in [0.1, 0.15) is 10.7 Å². The van der Waals surface area contributed by atoms with Gasteiger partial charge in [-0.05, 0) is 48.9 Å². The number of hydrogen-bond acceptors (Lipinski definition) is 6. The summed E-state index contributed by atoms with van der Waals surface area (Å²) in [7, 11) is -2.60. The Morgan fingerprint density at radius 2 is 1.85 bits per heavy atom. The second-order valence-electron chi connectivity index (χ2n) is 8.49. The maximum absolute atomic E-state index is 13.4. The Morgan fingerprint density at radius 1 is 1.13 bits per heavy atom. The Labute approximate surface area is 245 Å². The van der Waals surface area contributed by atoms with Gasteiger partial charge in [0, 0.05) is 46.4 Å². The zero-order valence-electron chi connectivity index (χ0n) is 21.5. The van der Waals surface area contributed by atoms with Crippen LogP contribution in [0.4, 0.5) is 10.1 Å². The van der Waals surface area contributed by atoms with Crippen molar-refractivity contribution in [2.24, 2.45) is 5.92 Å². The average Bonchev–Trinajstić information content (AvgIpc) is 2.86. The first-order valence-electron chi connectivity index (χ1n) is 11.2. The number of halogens is 2. The molecule has 1 amide bonds. The maximum Gasteiger partial charge on any atom is 0.263 e. The van der Waals surface area contributed by atoms with E-state index in [9.17, 15) is 22.4 Å². The van der Waals surface area contributed by atoms with E-state index in [1.54, 1.807) is 44.3 Å². The summed E-state index contributed by atoms with van der Waals surface area (Å²) >= 11 is 5.95. The minimum Gasteiger partial charge on any atom is -0.359 e. The fraction of sp³-hybridized carbons (Fsp3) is 0.192. The van der Waals surface area contributed by atoms with E-state index in [4.69, 9.17) is 11.6 Å². The quantitative estimate of drug-likeness (QED) is 0.274. The van der Waals surface area contributed by atoms with Crippen LogP contribution >= 0.6 is 11.6 Å². The third-order valence-electron chi connectivity index (χ3n) is 5.84. The molecule has 9 nitrogen and oxygen atoms in total. The van der Waals surface area contributed by atoms with Gasteiger partial charge in [-0.3, -0.25) is 23.9 Å². The maximum atomic E-state index is 13.4. The van der Waals surface area contributed by atoms with Gasteiger partial charge in [-0.15, -0.1) is 0 Å². The number of carbonyl (C=O) groups is 1. The molecule has 1 atom stereocenters. The molecule has 0 aliphatic carbocycles. The first-order valence-corrected chi connectivity index (χ1v) is 13.0. The number of sulfonamides is 1. The molecule has 0 saturated carbocycles. The zero-order valence-corrected chi connectivity index (χ0v) is 26.0. The summed E-state index contributed by atoms with van der Waals surface area (Å²) < 4.78 is 43.1. The molecule has 4 rings (SSSR count). The summed E-state index contributed by atoms with van der Waals surface area (Å²) in [6.45, 7) is 3.51. The minimum absolute atomic E-state index is 0. The molecule has 39 heavy (non-hydrogen) atoms. The number of hydrogen-bond donors (Lipinski definition) is 2. The molecule has 4 aromatic rings. The summed E-state index contributed by atoms with van der Waals surface area (Å²) in [5.74, 6) is -1.28. The molecule has 2 aromatic carbocycles. The molecular weight excluding hydrogens is 717 g/mol. The summed E-state index contributed by atoms with van der Waals surface area (Å²) in [6, 6.07) is 9.66. The number of fused-ring (bicyclic) bond motifs is 1. The molecule has 0 radical (unpaired) electrons. The van der Waals surface area contributed by atoms with E-state index in [1.807, 2.05) is 0 Å². The van der Waals surface area contributed by atoms with Gasteiger partial charge in [0.15, 0.2) is 0 Å². The Bertz CT molecular complexity index is 1700. The summed E-state index contributed by atoms with van der Waals surface area (Å²) in [5.41, 5.74) is 1.92. The van der Waals surface area contributed by atoms with Gasteiger partial charge in [0.05, 0.1) is 39.6 Å². The Kier molecular flexibility index (Phi) is 10.5. The van der Waals surface area contributed by atoms with Crippen LogP contribution in [0.5, 0.6) is 0 Å². The number of aryl methyl sites for hydroxylation is 1. The van der Waals surface area contributed by atoms with Gasteiger partial charge in [-0.2, -0.15) is 0 Å². The van der Waals surface area contributed by atoms with E-state index in [0.717, 1.165) is 18.2 Å². The molecule has 0 spiro atoms. The first kappa shape index (κ1) is 32.1. The van der Waals surface area contributed by atoms with Crippen LogP contribution in [0.15, 0.2) is 64.7 Å². The minimum atomic E-state index is -4.13. The molecule has 13 heteroatoms. The largest absolute Gasteiger partial charge is 0.359 e. The van der Waals surface area contributed by atoms with Crippen molar-refractivity contribution in [1.29, 1.82) is 0 Å². The molecule has 0 fully saturated rings. The SMILES string of the molecule is CNC(=O)C(C)Cn1cnc2ccc(-c3cnc(C)c(NS(=O)(=O)c4ccc(F)cc4Cl)c3)cc2c1=O.[CH3-].[W]. The van der Waals surface area contributed by atoms with Crippen LogP contribution in [-0.4, -0.2) is 35.9 Å². The van der Waals surface area contributed by atoms with Gasteiger partial charge < -0.3 is 12.7 Å². The first-order chi connectivity index (χ1) is 17.5. The Hall–Kier alpha value is -3.14. The number of pyridine rings is 1. The number of carbonyl (C=O) groups excluding carboxylic acids is 1. The number of amides is 1. The number of rotatable bonds is 7. The molecule has 206 valence electrons. The van der Waals surface area contributed by atoms with Crippen LogP contribution in [0.1, 0.15) is 12.6 Å². The van der Waals surface area contributed by atoms with Gasteiger partial charge in [-0.1, -0.05) is 24.6 Å². The predicted molar refractivity (Wildman–Crippen MR) is 146 cm³/mol. The van der Waals surface area contributed by atoms with Gasteiger partial charge in [-0.25, -0.2) is 17.8 Å². The number of anilines is 1. The average molecular weight is 743 g/mol. The van der Waals surface area contributed by atoms with Crippen molar-refractivity contribution in [3.05, 3.63) is 89.3 Å². The van der Waals surface area contributed by atoms with Gasteiger partial charge in [0.2, 0.25) is 5.91 Å². The van der Waals surface area contributed by atoms with E-state index in [1.165, 1.54) is 17.9 Å². The molecule has 0 aliphatic heterocycles. The smallest absolute Gasteiger partial charge is 0.263 e. The van der Waals surface area contributed by atoms with Crippen LogP contribution in [0.2, 0.25) is 5.02 Å².